The van der Waals surface area contributed by atoms with Crippen molar-refractivity contribution < 1.29 is 13.2 Å². The summed E-state index contributed by atoms with van der Waals surface area (Å²) in [6, 6.07) is 12.7. The van der Waals surface area contributed by atoms with Crippen LogP contribution in [0.5, 0.6) is 0 Å². The monoisotopic (exact) mass is 391 g/mol. The Morgan fingerprint density at radius 3 is 2.41 bits per heavy atom. The van der Waals surface area contributed by atoms with Crippen molar-refractivity contribution in [3.8, 4) is 0 Å². The minimum Gasteiger partial charge on any atom is -0.357 e. The molecule has 3 aromatic rings. The van der Waals surface area contributed by atoms with Gasteiger partial charge >= 0.3 is 6.18 Å². The largest absolute Gasteiger partial charge is 0.416 e. The van der Waals surface area contributed by atoms with Crippen LogP contribution in [0.2, 0.25) is 5.02 Å². The van der Waals surface area contributed by atoms with E-state index in [1.165, 1.54) is 6.07 Å². The summed E-state index contributed by atoms with van der Waals surface area (Å²) in [4.78, 5) is 8.71. The van der Waals surface area contributed by atoms with Crippen LogP contribution >= 0.6 is 11.6 Å². The molecule has 0 aliphatic carbocycles. The Kier molecular flexibility index (Phi) is 5.65. The normalized spacial score (nSPS) is 11.4. The lowest BCUT2D eigenvalue weighted by Gasteiger charge is -2.12. The highest BCUT2D eigenvalue weighted by Crippen LogP contribution is 2.30. The summed E-state index contributed by atoms with van der Waals surface area (Å²) in [5.41, 5.74) is 2.44. The molecule has 0 bridgehead atoms. The van der Waals surface area contributed by atoms with Crippen LogP contribution in [-0.4, -0.2) is 17.0 Å². The second-order valence-corrected chi connectivity index (χ2v) is 6.53. The molecule has 7 heteroatoms. The predicted octanol–water partition coefficient (Wildman–Crippen LogP) is 5.37. The predicted molar refractivity (Wildman–Crippen MR) is 100 cm³/mol. The summed E-state index contributed by atoms with van der Waals surface area (Å²) in [6.07, 6.45) is -1.86. The van der Waals surface area contributed by atoms with Gasteiger partial charge in [-0.15, -0.1) is 0 Å². The van der Waals surface area contributed by atoms with E-state index in [2.05, 4.69) is 15.3 Å². The molecule has 0 unspecified atom stereocenters. The fourth-order valence-electron chi connectivity index (χ4n) is 2.74. The van der Waals surface area contributed by atoms with E-state index in [0.717, 1.165) is 29.0 Å². The molecule has 0 aliphatic rings. The van der Waals surface area contributed by atoms with E-state index in [9.17, 15) is 13.2 Å². The van der Waals surface area contributed by atoms with Crippen molar-refractivity contribution in [1.82, 2.24) is 9.97 Å². The van der Waals surface area contributed by atoms with Crippen molar-refractivity contribution in [2.24, 2.45) is 0 Å². The maximum absolute atomic E-state index is 13.0. The highest BCUT2D eigenvalue weighted by molar-refractivity contribution is 6.30. The molecule has 1 N–H and O–H groups in total. The van der Waals surface area contributed by atoms with Crippen LogP contribution in [-0.2, 0) is 19.0 Å². The molecule has 1 heterocycles. The van der Waals surface area contributed by atoms with Crippen LogP contribution in [0.15, 0.2) is 54.7 Å². The Bertz CT molecular complexity index is 925. The highest BCUT2D eigenvalue weighted by Gasteiger charge is 2.30. The van der Waals surface area contributed by atoms with Crippen LogP contribution < -0.4 is 5.32 Å². The Balaban J connectivity index is 1.92. The molecule has 0 radical (unpaired) electrons. The number of alkyl halides is 3. The van der Waals surface area contributed by atoms with Gasteiger partial charge in [-0.3, -0.25) is 0 Å². The van der Waals surface area contributed by atoms with Crippen molar-refractivity contribution in [2.75, 3.05) is 12.4 Å². The summed E-state index contributed by atoms with van der Waals surface area (Å²) >= 11 is 5.93. The molecule has 0 amide bonds. The maximum Gasteiger partial charge on any atom is 0.416 e. The highest BCUT2D eigenvalue weighted by atomic mass is 35.5. The zero-order valence-corrected chi connectivity index (χ0v) is 15.3. The molecular formula is C20H17ClF3N3. The first-order valence-corrected chi connectivity index (χ1v) is 8.66. The van der Waals surface area contributed by atoms with Crippen molar-refractivity contribution in [3.63, 3.8) is 0 Å². The summed E-state index contributed by atoms with van der Waals surface area (Å²) < 4.78 is 38.9. The van der Waals surface area contributed by atoms with Gasteiger partial charge in [0, 0.05) is 31.1 Å². The zero-order valence-electron chi connectivity index (χ0n) is 14.5. The molecule has 3 rings (SSSR count). The molecule has 0 saturated heterocycles. The average molecular weight is 392 g/mol. The van der Waals surface area contributed by atoms with Crippen molar-refractivity contribution in [2.45, 2.75) is 19.0 Å². The van der Waals surface area contributed by atoms with Crippen LogP contribution in [0.3, 0.4) is 0 Å². The number of nitrogens with zero attached hydrogens (tertiary/aromatic N) is 2. The Labute approximate surface area is 160 Å². The Hall–Kier alpha value is -2.60. The van der Waals surface area contributed by atoms with Gasteiger partial charge in [0.25, 0.3) is 0 Å². The van der Waals surface area contributed by atoms with Gasteiger partial charge in [-0.1, -0.05) is 41.9 Å². The molecule has 2 aromatic carbocycles. The van der Waals surface area contributed by atoms with Crippen molar-refractivity contribution in [3.05, 3.63) is 87.7 Å². The Morgan fingerprint density at radius 1 is 1.00 bits per heavy atom. The number of rotatable bonds is 5. The first-order chi connectivity index (χ1) is 12.8. The van der Waals surface area contributed by atoms with Gasteiger partial charge in [-0.25, -0.2) is 9.97 Å². The third kappa shape index (κ3) is 4.98. The lowest BCUT2D eigenvalue weighted by Crippen LogP contribution is -2.07. The van der Waals surface area contributed by atoms with Gasteiger partial charge in [0.1, 0.15) is 0 Å². The topological polar surface area (TPSA) is 37.8 Å². The quantitative estimate of drug-likeness (QED) is 0.635. The first-order valence-electron chi connectivity index (χ1n) is 8.28. The van der Waals surface area contributed by atoms with Crippen LogP contribution in [0, 0.1) is 0 Å². The average Bonchev–Trinajstić information content (AvgIpc) is 2.64. The minimum atomic E-state index is -4.37. The molecule has 0 aliphatic heterocycles. The zero-order chi connectivity index (χ0) is 19.4. The third-order valence-electron chi connectivity index (χ3n) is 4.11. The number of anilines is 1. The minimum absolute atomic E-state index is 0.316. The summed E-state index contributed by atoms with van der Waals surface area (Å²) in [5, 5.41) is 3.53. The number of halogens is 4. The van der Waals surface area contributed by atoms with E-state index in [0.29, 0.717) is 29.4 Å². The molecule has 0 spiro atoms. The number of hydrogen-bond acceptors (Lipinski definition) is 3. The van der Waals surface area contributed by atoms with E-state index in [1.807, 2.05) is 12.1 Å². The molecule has 140 valence electrons. The number of aromatic nitrogens is 2. The number of benzene rings is 2. The van der Waals surface area contributed by atoms with E-state index in [4.69, 9.17) is 11.6 Å². The second kappa shape index (κ2) is 7.96. The standard InChI is InChI=1S/C20H17ClF3N3/c1-25-19-26-12-15(9-14-3-2-4-16(10-14)20(22,23)24)18(27-19)11-13-5-7-17(21)8-6-13/h2-8,10,12H,9,11H2,1H3,(H,25,26,27). The van der Waals surface area contributed by atoms with Gasteiger partial charge in [-0.05, 0) is 34.9 Å². The maximum atomic E-state index is 13.0. The molecular weight excluding hydrogens is 375 g/mol. The van der Waals surface area contributed by atoms with Crippen LogP contribution in [0.25, 0.3) is 0 Å². The van der Waals surface area contributed by atoms with Crippen molar-refractivity contribution in [1.29, 1.82) is 0 Å². The second-order valence-electron chi connectivity index (χ2n) is 6.09. The lowest BCUT2D eigenvalue weighted by atomic mass is 9.99. The van der Waals surface area contributed by atoms with Crippen LogP contribution in [0.1, 0.15) is 27.9 Å². The third-order valence-corrected chi connectivity index (χ3v) is 4.36. The number of nitrogens with one attached hydrogen (secondary N) is 1. The summed E-state index contributed by atoms with van der Waals surface area (Å²) in [7, 11) is 1.72. The Morgan fingerprint density at radius 2 is 1.74 bits per heavy atom. The van der Waals surface area contributed by atoms with Crippen LogP contribution in [0.4, 0.5) is 19.1 Å². The molecule has 0 atom stereocenters. The van der Waals surface area contributed by atoms with E-state index in [-0.39, 0.29) is 0 Å². The molecule has 3 nitrogen and oxygen atoms in total. The van der Waals surface area contributed by atoms with Gasteiger partial charge in [0.05, 0.1) is 11.3 Å². The van der Waals surface area contributed by atoms with Gasteiger partial charge in [0.2, 0.25) is 5.95 Å². The smallest absolute Gasteiger partial charge is 0.357 e. The van der Waals surface area contributed by atoms with Gasteiger partial charge in [-0.2, -0.15) is 13.2 Å². The van der Waals surface area contributed by atoms with Crippen molar-refractivity contribution >= 4 is 17.5 Å². The first kappa shape index (κ1) is 19.2. The fourth-order valence-corrected chi connectivity index (χ4v) is 2.86. The van der Waals surface area contributed by atoms with Gasteiger partial charge in [0.15, 0.2) is 0 Å². The summed E-state index contributed by atoms with van der Waals surface area (Å²) in [5.74, 6) is 0.465. The fraction of sp³-hybridized carbons (Fsp3) is 0.200. The van der Waals surface area contributed by atoms with E-state index >= 15 is 0 Å². The van der Waals surface area contributed by atoms with Gasteiger partial charge < -0.3 is 5.32 Å². The summed E-state index contributed by atoms with van der Waals surface area (Å²) in [6.45, 7) is 0. The SMILES string of the molecule is CNc1ncc(Cc2cccc(C(F)(F)F)c2)c(Cc2ccc(Cl)cc2)n1. The lowest BCUT2D eigenvalue weighted by molar-refractivity contribution is -0.137. The van der Waals surface area contributed by atoms with E-state index in [1.54, 1.807) is 31.4 Å². The molecule has 27 heavy (non-hydrogen) atoms. The molecule has 1 aromatic heterocycles. The molecule has 0 fully saturated rings. The molecule has 0 saturated carbocycles. The number of hydrogen-bond donors (Lipinski definition) is 1. The van der Waals surface area contributed by atoms with E-state index < -0.39 is 11.7 Å².